The van der Waals surface area contributed by atoms with E-state index in [1.54, 1.807) is 6.20 Å². The fraction of sp³-hybridized carbons (Fsp3) is 0.615. The molecule has 1 saturated carbocycles. The maximum Gasteiger partial charge on any atom is 0.168 e. The number of anilines is 1. The first-order valence-corrected chi connectivity index (χ1v) is 6.60. The van der Waals surface area contributed by atoms with Gasteiger partial charge < -0.3 is 10.1 Å². The van der Waals surface area contributed by atoms with Crippen LogP contribution in [-0.4, -0.2) is 23.0 Å². The quantitative estimate of drug-likeness (QED) is 0.791. The predicted molar refractivity (Wildman–Crippen MR) is 70.9 cm³/mol. The summed E-state index contributed by atoms with van der Waals surface area (Å²) in [4.78, 5) is 4.29. The van der Waals surface area contributed by atoms with Crippen LogP contribution < -0.4 is 10.1 Å². The van der Waals surface area contributed by atoms with Gasteiger partial charge in [-0.2, -0.15) is 0 Å². The highest BCUT2D eigenvalue weighted by atomic mass is 35.5. The van der Waals surface area contributed by atoms with Crippen molar-refractivity contribution in [1.82, 2.24) is 4.98 Å². The van der Waals surface area contributed by atoms with Gasteiger partial charge in [0.2, 0.25) is 0 Å². The molecular weight excluding hydrogens is 236 g/mol. The molecule has 1 aromatic heterocycles. The number of ether oxygens (including phenoxy) is 1. The number of hydrogen-bond acceptors (Lipinski definition) is 3. The molecule has 0 bridgehead atoms. The van der Waals surface area contributed by atoms with E-state index < -0.39 is 0 Å². The van der Waals surface area contributed by atoms with Gasteiger partial charge in [-0.25, -0.2) is 4.98 Å². The number of halogens is 1. The molecule has 4 heteroatoms. The number of nitrogens with one attached hydrogen (secondary N) is 1. The van der Waals surface area contributed by atoms with Crippen LogP contribution in [0.1, 0.15) is 26.7 Å². The van der Waals surface area contributed by atoms with Gasteiger partial charge in [-0.15, -0.1) is 11.6 Å². The molecule has 1 heterocycles. The van der Waals surface area contributed by atoms with Crippen molar-refractivity contribution in [3.8, 4) is 5.75 Å². The fourth-order valence-electron chi connectivity index (χ4n) is 1.69. The molecule has 0 saturated heterocycles. The third kappa shape index (κ3) is 3.77. The van der Waals surface area contributed by atoms with E-state index in [9.17, 15) is 0 Å². The molecule has 1 aliphatic carbocycles. The van der Waals surface area contributed by atoms with Gasteiger partial charge in [-0.1, -0.05) is 0 Å². The Morgan fingerprint density at radius 1 is 1.53 bits per heavy atom. The van der Waals surface area contributed by atoms with Crippen LogP contribution in [0.5, 0.6) is 5.75 Å². The monoisotopic (exact) mass is 254 g/mol. The van der Waals surface area contributed by atoms with Crippen LogP contribution in [0.25, 0.3) is 0 Å². The number of hydrogen-bond donors (Lipinski definition) is 1. The van der Waals surface area contributed by atoms with Crippen LogP contribution in [0.3, 0.4) is 0 Å². The van der Waals surface area contributed by atoms with Crippen LogP contribution in [-0.2, 0) is 0 Å². The van der Waals surface area contributed by atoms with E-state index in [4.69, 9.17) is 16.3 Å². The average Bonchev–Trinajstić information content (AvgIpc) is 3.10. The molecule has 17 heavy (non-hydrogen) atoms. The Morgan fingerprint density at radius 3 is 2.94 bits per heavy atom. The zero-order valence-corrected chi connectivity index (χ0v) is 11.1. The van der Waals surface area contributed by atoms with E-state index in [2.05, 4.69) is 10.3 Å². The van der Waals surface area contributed by atoms with Crippen molar-refractivity contribution in [2.45, 2.75) is 38.2 Å². The Morgan fingerprint density at radius 2 is 2.29 bits per heavy atom. The summed E-state index contributed by atoms with van der Waals surface area (Å²) in [6.07, 6.45) is 4.42. The number of aromatic nitrogens is 1. The van der Waals surface area contributed by atoms with E-state index in [0.29, 0.717) is 5.92 Å². The highest BCUT2D eigenvalue weighted by Gasteiger charge is 2.29. The predicted octanol–water partition coefficient (Wildman–Crippen LogP) is 3.30. The van der Waals surface area contributed by atoms with E-state index >= 15 is 0 Å². The standard InChI is InChI=1S/C13H19ClN2O/c1-9(2)17-12-4-3-7-15-13(12)16-8-11(14)10-5-6-10/h3-4,7,9-11H,5-6,8H2,1-2H3,(H,15,16). The average molecular weight is 255 g/mol. The molecule has 1 unspecified atom stereocenters. The van der Waals surface area contributed by atoms with Crippen LogP contribution in [0.15, 0.2) is 18.3 Å². The molecule has 94 valence electrons. The highest BCUT2D eigenvalue weighted by Crippen LogP contribution is 2.36. The maximum absolute atomic E-state index is 6.26. The van der Waals surface area contributed by atoms with Gasteiger partial charge in [0.05, 0.1) is 11.5 Å². The molecule has 3 nitrogen and oxygen atoms in total. The molecule has 0 radical (unpaired) electrons. The molecule has 0 aliphatic heterocycles. The Hall–Kier alpha value is -0.960. The van der Waals surface area contributed by atoms with Crippen molar-refractivity contribution >= 4 is 17.4 Å². The van der Waals surface area contributed by atoms with Crippen LogP contribution >= 0.6 is 11.6 Å². The van der Waals surface area contributed by atoms with Gasteiger partial charge in [0.1, 0.15) is 0 Å². The van der Waals surface area contributed by atoms with Crippen molar-refractivity contribution in [2.24, 2.45) is 5.92 Å². The lowest BCUT2D eigenvalue weighted by Crippen LogP contribution is -2.18. The van der Waals surface area contributed by atoms with E-state index in [-0.39, 0.29) is 11.5 Å². The molecule has 1 fully saturated rings. The summed E-state index contributed by atoms with van der Waals surface area (Å²) in [7, 11) is 0. The zero-order chi connectivity index (χ0) is 12.3. The van der Waals surface area contributed by atoms with Crippen molar-refractivity contribution in [1.29, 1.82) is 0 Å². The van der Waals surface area contributed by atoms with Gasteiger partial charge in [-0.3, -0.25) is 0 Å². The third-order valence-electron chi connectivity index (χ3n) is 2.73. The van der Waals surface area contributed by atoms with Gasteiger partial charge in [0.25, 0.3) is 0 Å². The second-order valence-electron chi connectivity index (χ2n) is 4.75. The first-order chi connectivity index (χ1) is 8.16. The minimum Gasteiger partial charge on any atom is -0.487 e. The lowest BCUT2D eigenvalue weighted by atomic mass is 10.3. The smallest absolute Gasteiger partial charge is 0.168 e. The minimum absolute atomic E-state index is 0.148. The number of rotatable bonds is 6. The van der Waals surface area contributed by atoms with Crippen molar-refractivity contribution in [3.05, 3.63) is 18.3 Å². The highest BCUT2D eigenvalue weighted by molar-refractivity contribution is 6.21. The third-order valence-corrected chi connectivity index (χ3v) is 3.24. The maximum atomic E-state index is 6.26. The largest absolute Gasteiger partial charge is 0.487 e. The molecule has 1 N–H and O–H groups in total. The van der Waals surface area contributed by atoms with Crippen LogP contribution in [0.4, 0.5) is 5.82 Å². The summed E-state index contributed by atoms with van der Waals surface area (Å²) >= 11 is 6.26. The second-order valence-corrected chi connectivity index (χ2v) is 5.31. The molecule has 0 amide bonds. The normalized spacial score (nSPS) is 16.9. The van der Waals surface area contributed by atoms with Gasteiger partial charge in [0.15, 0.2) is 11.6 Å². The van der Waals surface area contributed by atoms with Crippen LogP contribution in [0, 0.1) is 5.92 Å². The summed E-state index contributed by atoms with van der Waals surface area (Å²) in [6.45, 7) is 4.76. The van der Waals surface area contributed by atoms with E-state index in [0.717, 1.165) is 18.1 Å². The Bertz CT molecular complexity index is 366. The molecule has 1 aromatic rings. The van der Waals surface area contributed by atoms with E-state index in [1.807, 2.05) is 26.0 Å². The Labute approximate surface area is 108 Å². The van der Waals surface area contributed by atoms with Gasteiger partial charge >= 0.3 is 0 Å². The topological polar surface area (TPSA) is 34.1 Å². The summed E-state index contributed by atoms with van der Waals surface area (Å²) in [5, 5.41) is 3.47. The Kier molecular flexibility index (Phi) is 4.11. The van der Waals surface area contributed by atoms with Gasteiger partial charge in [-0.05, 0) is 44.7 Å². The summed E-state index contributed by atoms with van der Waals surface area (Å²) in [5.74, 6) is 2.26. The van der Waals surface area contributed by atoms with Gasteiger partial charge in [0, 0.05) is 12.7 Å². The lowest BCUT2D eigenvalue weighted by Gasteiger charge is -2.15. The molecule has 0 aromatic carbocycles. The van der Waals surface area contributed by atoms with Crippen molar-refractivity contribution < 1.29 is 4.74 Å². The fourth-order valence-corrected chi connectivity index (χ4v) is 2.02. The van der Waals surface area contributed by atoms with Crippen molar-refractivity contribution in [2.75, 3.05) is 11.9 Å². The number of nitrogens with zero attached hydrogens (tertiary/aromatic N) is 1. The van der Waals surface area contributed by atoms with Crippen molar-refractivity contribution in [3.63, 3.8) is 0 Å². The van der Waals surface area contributed by atoms with E-state index in [1.165, 1.54) is 12.8 Å². The zero-order valence-electron chi connectivity index (χ0n) is 10.3. The SMILES string of the molecule is CC(C)Oc1cccnc1NCC(Cl)C1CC1. The van der Waals surface area contributed by atoms with Crippen LogP contribution in [0.2, 0.25) is 0 Å². The lowest BCUT2D eigenvalue weighted by molar-refractivity contribution is 0.243. The second kappa shape index (κ2) is 5.58. The number of pyridine rings is 1. The minimum atomic E-state index is 0.148. The molecular formula is C13H19ClN2O. The first-order valence-electron chi connectivity index (χ1n) is 6.16. The number of alkyl halides is 1. The summed E-state index contributed by atoms with van der Waals surface area (Å²) in [5.41, 5.74) is 0. The summed E-state index contributed by atoms with van der Waals surface area (Å²) in [6, 6.07) is 3.80. The summed E-state index contributed by atoms with van der Waals surface area (Å²) < 4.78 is 5.69. The molecule has 2 rings (SSSR count). The first kappa shape index (κ1) is 12.5. The molecule has 1 aliphatic rings. The molecule has 1 atom stereocenters. The Balaban J connectivity index is 1.93. The molecule has 0 spiro atoms.